The van der Waals surface area contributed by atoms with Gasteiger partial charge in [-0.1, -0.05) is 37.7 Å². The minimum atomic E-state index is -0.357. The third-order valence-electron chi connectivity index (χ3n) is 5.34. The van der Waals surface area contributed by atoms with Crippen molar-refractivity contribution < 1.29 is 14.3 Å². The van der Waals surface area contributed by atoms with Crippen LogP contribution in [0.2, 0.25) is 0 Å². The molecular weight excluding hydrogens is 450 g/mol. The topological polar surface area (TPSA) is 98.1 Å². The molecule has 1 aromatic heterocycles. The first-order chi connectivity index (χ1) is 16.3. The van der Waals surface area contributed by atoms with Crippen LogP contribution in [0, 0.1) is 0 Å². The molecule has 0 saturated carbocycles. The molecule has 8 nitrogen and oxygen atoms in total. The molecule has 2 N–H and O–H groups in total. The highest BCUT2D eigenvalue weighted by Crippen LogP contribution is 2.22. The lowest BCUT2D eigenvalue weighted by atomic mass is 10.0. The van der Waals surface area contributed by atoms with Crippen molar-refractivity contribution in [1.29, 1.82) is 0 Å². The molecule has 0 unspecified atom stereocenters. The molecule has 0 fully saturated rings. The smallest absolute Gasteiger partial charge is 0.251 e. The number of benzene rings is 2. The van der Waals surface area contributed by atoms with Gasteiger partial charge in [0, 0.05) is 17.8 Å². The number of aromatic nitrogens is 3. The number of carbonyl (C=O) groups excluding carboxylic acids is 2. The zero-order chi connectivity index (χ0) is 24.7. The van der Waals surface area contributed by atoms with Gasteiger partial charge >= 0.3 is 0 Å². The average molecular weight is 482 g/mol. The molecule has 0 spiro atoms. The normalized spacial score (nSPS) is 11.8. The van der Waals surface area contributed by atoms with Gasteiger partial charge in [0.1, 0.15) is 5.75 Å². The molecule has 2 aromatic carbocycles. The molecule has 3 aromatic rings. The summed E-state index contributed by atoms with van der Waals surface area (Å²) >= 11 is 1.32. The highest BCUT2D eigenvalue weighted by Gasteiger charge is 2.20. The van der Waals surface area contributed by atoms with E-state index in [1.807, 2.05) is 42.7 Å². The highest BCUT2D eigenvalue weighted by atomic mass is 32.2. The van der Waals surface area contributed by atoms with E-state index in [9.17, 15) is 9.59 Å². The molecule has 0 aliphatic heterocycles. The summed E-state index contributed by atoms with van der Waals surface area (Å²) in [6.07, 6.45) is 0. The minimum Gasteiger partial charge on any atom is -0.497 e. The summed E-state index contributed by atoms with van der Waals surface area (Å²) in [4.78, 5) is 25.1. The molecule has 180 valence electrons. The lowest BCUT2D eigenvalue weighted by molar-refractivity contribution is -0.113. The van der Waals surface area contributed by atoms with Gasteiger partial charge in [-0.25, -0.2) is 0 Å². The van der Waals surface area contributed by atoms with E-state index in [1.54, 1.807) is 31.4 Å². The van der Waals surface area contributed by atoms with Gasteiger partial charge in [0.2, 0.25) is 5.91 Å². The maximum absolute atomic E-state index is 12.6. The van der Waals surface area contributed by atoms with E-state index in [0.717, 1.165) is 5.69 Å². The number of thioether (sulfide) groups is 1. The number of hydrogen-bond donors (Lipinski definition) is 2. The molecule has 0 bridgehead atoms. The van der Waals surface area contributed by atoms with Gasteiger partial charge in [-0.2, -0.15) is 0 Å². The lowest BCUT2D eigenvalue weighted by Gasteiger charge is -2.15. The molecular formula is C25H31N5O3S. The number of anilines is 1. The number of ether oxygens (including phenoxy) is 1. The molecule has 9 heteroatoms. The SMILES string of the molecule is CCn1c(SCC(=O)Nc2ccc(C(C)C)cc2)nnc1[C@H](C)NC(=O)c1ccc(OC)cc1. The fraction of sp³-hybridized carbons (Fsp3) is 0.360. The maximum atomic E-state index is 12.6. The molecule has 3 rings (SSSR count). The molecule has 34 heavy (non-hydrogen) atoms. The zero-order valence-electron chi connectivity index (χ0n) is 20.2. The van der Waals surface area contributed by atoms with Crippen LogP contribution in [0.5, 0.6) is 5.75 Å². The van der Waals surface area contributed by atoms with Crippen molar-refractivity contribution in [2.45, 2.75) is 51.4 Å². The van der Waals surface area contributed by atoms with E-state index in [1.165, 1.54) is 17.3 Å². The van der Waals surface area contributed by atoms with E-state index in [0.29, 0.717) is 34.8 Å². The third-order valence-corrected chi connectivity index (χ3v) is 6.31. The Morgan fingerprint density at radius 2 is 1.71 bits per heavy atom. The predicted octanol–water partition coefficient (Wildman–Crippen LogP) is 4.65. The van der Waals surface area contributed by atoms with Crippen molar-refractivity contribution in [3.8, 4) is 5.75 Å². The van der Waals surface area contributed by atoms with Crippen LogP contribution in [0.3, 0.4) is 0 Å². The Labute approximate surface area is 204 Å². The van der Waals surface area contributed by atoms with Gasteiger partial charge in [-0.3, -0.25) is 9.59 Å². The molecule has 0 saturated heterocycles. The van der Waals surface area contributed by atoms with Gasteiger partial charge in [0.15, 0.2) is 11.0 Å². The number of carbonyl (C=O) groups is 2. The van der Waals surface area contributed by atoms with Crippen molar-refractivity contribution in [3.05, 3.63) is 65.5 Å². The van der Waals surface area contributed by atoms with E-state index in [4.69, 9.17) is 4.74 Å². The number of hydrogen-bond acceptors (Lipinski definition) is 6. The number of methoxy groups -OCH3 is 1. The minimum absolute atomic E-state index is 0.115. The third kappa shape index (κ3) is 6.38. The largest absolute Gasteiger partial charge is 0.497 e. The Balaban J connectivity index is 1.59. The molecule has 1 heterocycles. The zero-order valence-corrected chi connectivity index (χ0v) is 21.0. The Morgan fingerprint density at radius 1 is 1.03 bits per heavy atom. The van der Waals surface area contributed by atoms with Crippen molar-refractivity contribution in [2.24, 2.45) is 0 Å². The predicted molar refractivity (Wildman–Crippen MR) is 134 cm³/mol. The summed E-state index contributed by atoms with van der Waals surface area (Å²) in [5.41, 5.74) is 2.52. The Kier molecular flexibility index (Phi) is 8.70. The fourth-order valence-corrected chi connectivity index (χ4v) is 4.20. The second-order valence-corrected chi connectivity index (χ2v) is 9.06. The van der Waals surface area contributed by atoms with Gasteiger partial charge in [0.05, 0.1) is 18.9 Å². The lowest BCUT2D eigenvalue weighted by Crippen LogP contribution is -2.28. The van der Waals surface area contributed by atoms with Gasteiger partial charge < -0.3 is 19.9 Å². The second-order valence-electron chi connectivity index (χ2n) is 8.12. The Bertz CT molecular complexity index is 1110. The number of rotatable bonds is 10. The first-order valence-corrected chi connectivity index (χ1v) is 12.2. The molecule has 0 aliphatic rings. The second kappa shape index (κ2) is 11.7. The Hall–Kier alpha value is -3.33. The molecule has 0 radical (unpaired) electrons. The fourth-order valence-electron chi connectivity index (χ4n) is 3.39. The quantitative estimate of drug-likeness (QED) is 0.409. The summed E-state index contributed by atoms with van der Waals surface area (Å²) in [5.74, 6) is 1.65. The van der Waals surface area contributed by atoms with Crippen molar-refractivity contribution in [3.63, 3.8) is 0 Å². The van der Waals surface area contributed by atoms with Crippen LogP contribution >= 0.6 is 11.8 Å². The number of amides is 2. The summed E-state index contributed by atoms with van der Waals surface area (Å²) in [5, 5.41) is 15.0. The van der Waals surface area contributed by atoms with Crippen molar-refractivity contribution in [1.82, 2.24) is 20.1 Å². The highest BCUT2D eigenvalue weighted by molar-refractivity contribution is 7.99. The van der Waals surface area contributed by atoms with Crippen LogP contribution in [0.25, 0.3) is 0 Å². The average Bonchev–Trinajstić information content (AvgIpc) is 3.26. The summed E-state index contributed by atoms with van der Waals surface area (Å²) in [6, 6.07) is 14.4. The van der Waals surface area contributed by atoms with Crippen LogP contribution < -0.4 is 15.4 Å². The van der Waals surface area contributed by atoms with Gasteiger partial charge in [-0.05, 0) is 61.7 Å². The summed E-state index contributed by atoms with van der Waals surface area (Å²) in [7, 11) is 1.58. The Morgan fingerprint density at radius 3 is 2.29 bits per heavy atom. The van der Waals surface area contributed by atoms with Crippen LogP contribution in [-0.4, -0.2) is 39.4 Å². The van der Waals surface area contributed by atoms with E-state index in [-0.39, 0.29) is 23.6 Å². The van der Waals surface area contributed by atoms with E-state index in [2.05, 4.69) is 34.7 Å². The molecule has 1 atom stereocenters. The number of nitrogens with zero attached hydrogens (tertiary/aromatic N) is 3. The summed E-state index contributed by atoms with van der Waals surface area (Å²) < 4.78 is 7.05. The van der Waals surface area contributed by atoms with Crippen molar-refractivity contribution in [2.75, 3.05) is 18.2 Å². The standard InChI is InChI=1S/C25H31N5O3S/c1-6-30-23(17(4)26-24(32)19-9-13-21(33-5)14-10-19)28-29-25(30)34-15-22(31)27-20-11-7-18(8-12-20)16(2)3/h7-14,16-17H,6,15H2,1-5H3,(H,26,32)(H,27,31)/t17-/m0/s1. The molecule has 0 aliphatic carbocycles. The maximum Gasteiger partial charge on any atom is 0.251 e. The first-order valence-electron chi connectivity index (χ1n) is 11.2. The monoisotopic (exact) mass is 481 g/mol. The molecule has 2 amide bonds. The van der Waals surface area contributed by atoms with Crippen LogP contribution in [0.1, 0.15) is 61.4 Å². The summed E-state index contributed by atoms with van der Waals surface area (Å²) in [6.45, 7) is 8.72. The van der Waals surface area contributed by atoms with Crippen LogP contribution in [0.4, 0.5) is 5.69 Å². The first kappa shape index (κ1) is 25.3. The van der Waals surface area contributed by atoms with Crippen LogP contribution in [0.15, 0.2) is 53.7 Å². The van der Waals surface area contributed by atoms with Crippen LogP contribution in [-0.2, 0) is 11.3 Å². The van der Waals surface area contributed by atoms with Gasteiger partial charge in [-0.15, -0.1) is 10.2 Å². The van der Waals surface area contributed by atoms with E-state index >= 15 is 0 Å². The van der Waals surface area contributed by atoms with E-state index < -0.39 is 0 Å². The van der Waals surface area contributed by atoms with Gasteiger partial charge in [0.25, 0.3) is 5.91 Å². The van der Waals surface area contributed by atoms with Crippen molar-refractivity contribution >= 4 is 29.3 Å². The number of nitrogens with one attached hydrogen (secondary N) is 2.